The first-order valence-electron chi connectivity index (χ1n) is 5.88. The maximum atomic E-state index is 12.1. The number of hydrogen-bond acceptors (Lipinski definition) is 3. The standard InChI is InChI=1S/C14H11ClN2O2/c15-13-7-9(5-6-16-13)14(18)17-11-8-19-12-4-2-1-3-10(11)12/h1-7,11H,8H2,(H,17,18). The molecular weight excluding hydrogens is 264 g/mol. The molecule has 1 N–H and O–H groups in total. The monoisotopic (exact) mass is 274 g/mol. The summed E-state index contributed by atoms with van der Waals surface area (Å²) < 4.78 is 5.52. The summed E-state index contributed by atoms with van der Waals surface area (Å²) in [5.74, 6) is 0.634. The Morgan fingerprint density at radius 1 is 1.37 bits per heavy atom. The molecule has 2 aromatic rings. The van der Waals surface area contributed by atoms with Crippen LogP contribution >= 0.6 is 11.6 Å². The number of aromatic nitrogens is 1. The van der Waals surface area contributed by atoms with Crippen molar-refractivity contribution in [3.8, 4) is 5.75 Å². The Morgan fingerprint density at radius 3 is 3.05 bits per heavy atom. The molecule has 0 bridgehead atoms. The Morgan fingerprint density at radius 2 is 2.21 bits per heavy atom. The van der Waals surface area contributed by atoms with Crippen molar-refractivity contribution >= 4 is 17.5 Å². The van der Waals surface area contributed by atoms with Crippen LogP contribution in [0.3, 0.4) is 0 Å². The molecule has 1 unspecified atom stereocenters. The summed E-state index contributed by atoms with van der Waals surface area (Å²) in [5, 5.41) is 3.23. The van der Waals surface area contributed by atoms with Gasteiger partial charge in [-0.25, -0.2) is 4.98 Å². The number of benzene rings is 1. The van der Waals surface area contributed by atoms with Crippen molar-refractivity contribution in [3.63, 3.8) is 0 Å². The van der Waals surface area contributed by atoms with Crippen LogP contribution in [0.15, 0.2) is 42.6 Å². The van der Waals surface area contributed by atoms with Crippen LogP contribution in [0.25, 0.3) is 0 Å². The lowest BCUT2D eigenvalue weighted by atomic mass is 10.1. The molecule has 4 nitrogen and oxygen atoms in total. The van der Waals surface area contributed by atoms with Gasteiger partial charge in [0.15, 0.2) is 0 Å². The second-order valence-electron chi connectivity index (χ2n) is 4.24. The van der Waals surface area contributed by atoms with Crippen LogP contribution in [0.2, 0.25) is 5.15 Å². The number of hydrogen-bond donors (Lipinski definition) is 1. The molecule has 0 saturated heterocycles. The summed E-state index contributed by atoms with van der Waals surface area (Å²) in [6.07, 6.45) is 1.51. The third-order valence-electron chi connectivity index (χ3n) is 2.99. The maximum Gasteiger partial charge on any atom is 0.252 e. The Labute approximate surface area is 115 Å². The fourth-order valence-corrected chi connectivity index (χ4v) is 2.24. The lowest BCUT2D eigenvalue weighted by Gasteiger charge is -2.11. The van der Waals surface area contributed by atoms with E-state index in [1.165, 1.54) is 6.20 Å². The smallest absolute Gasteiger partial charge is 0.252 e. The molecule has 0 fully saturated rings. The van der Waals surface area contributed by atoms with E-state index in [9.17, 15) is 4.79 Å². The summed E-state index contributed by atoms with van der Waals surface area (Å²) in [6.45, 7) is 0.448. The molecule has 96 valence electrons. The predicted molar refractivity (Wildman–Crippen MR) is 71.4 cm³/mol. The van der Waals surface area contributed by atoms with E-state index in [2.05, 4.69) is 10.3 Å². The second kappa shape index (κ2) is 4.90. The topological polar surface area (TPSA) is 51.2 Å². The molecule has 3 rings (SSSR count). The van der Waals surface area contributed by atoms with Crippen LogP contribution in [0.5, 0.6) is 5.75 Å². The number of fused-ring (bicyclic) bond motifs is 1. The van der Waals surface area contributed by atoms with E-state index in [1.54, 1.807) is 12.1 Å². The van der Waals surface area contributed by atoms with Gasteiger partial charge in [-0.1, -0.05) is 29.8 Å². The summed E-state index contributed by atoms with van der Waals surface area (Å²) in [5.41, 5.74) is 1.49. The van der Waals surface area contributed by atoms with Crippen molar-refractivity contribution in [3.05, 3.63) is 58.9 Å². The minimum absolute atomic E-state index is 0.129. The van der Waals surface area contributed by atoms with Gasteiger partial charge in [-0.05, 0) is 18.2 Å². The number of ether oxygens (including phenoxy) is 1. The van der Waals surface area contributed by atoms with Crippen LogP contribution < -0.4 is 10.1 Å². The highest BCUT2D eigenvalue weighted by atomic mass is 35.5. The molecule has 0 spiro atoms. The van der Waals surface area contributed by atoms with Crippen molar-refractivity contribution in [2.24, 2.45) is 0 Å². The van der Waals surface area contributed by atoms with Gasteiger partial charge in [0, 0.05) is 17.3 Å². The first-order chi connectivity index (χ1) is 9.24. The molecule has 0 saturated carbocycles. The molecule has 1 aliphatic heterocycles. The molecule has 5 heteroatoms. The number of carbonyl (C=O) groups is 1. The molecule has 1 atom stereocenters. The normalized spacial score (nSPS) is 16.6. The molecule has 1 aliphatic rings. The number of carbonyl (C=O) groups excluding carboxylic acids is 1. The average molecular weight is 275 g/mol. The molecule has 1 amide bonds. The van der Waals surface area contributed by atoms with Crippen LogP contribution in [-0.4, -0.2) is 17.5 Å². The van der Waals surface area contributed by atoms with Crippen molar-refractivity contribution in [2.75, 3.05) is 6.61 Å². The molecule has 2 heterocycles. The molecule has 0 radical (unpaired) electrons. The van der Waals surface area contributed by atoms with Gasteiger partial charge in [-0.2, -0.15) is 0 Å². The van der Waals surface area contributed by atoms with Crippen molar-refractivity contribution < 1.29 is 9.53 Å². The van der Waals surface area contributed by atoms with Crippen LogP contribution in [0.1, 0.15) is 22.0 Å². The van der Waals surface area contributed by atoms with E-state index >= 15 is 0 Å². The highest BCUT2D eigenvalue weighted by Gasteiger charge is 2.25. The van der Waals surface area contributed by atoms with Crippen molar-refractivity contribution in [1.29, 1.82) is 0 Å². The number of nitrogens with one attached hydrogen (secondary N) is 1. The Balaban J connectivity index is 1.78. The molecule has 0 aliphatic carbocycles. The summed E-state index contributed by atoms with van der Waals surface area (Å²) in [6, 6.07) is 10.7. The summed E-state index contributed by atoms with van der Waals surface area (Å²) in [7, 11) is 0. The zero-order valence-corrected chi connectivity index (χ0v) is 10.7. The minimum Gasteiger partial charge on any atom is -0.491 e. The zero-order valence-electron chi connectivity index (χ0n) is 9.97. The van der Waals surface area contributed by atoms with Crippen LogP contribution in [0, 0.1) is 0 Å². The van der Waals surface area contributed by atoms with E-state index in [4.69, 9.17) is 16.3 Å². The molecule has 19 heavy (non-hydrogen) atoms. The molecular formula is C14H11ClN2O2. The lowest BCUT2D eigenvalue weighted by Crippen LogP contribution is -2.29. The van der Waals surface area contributed by atoms with Gasteiger partial charge in [0.05, 0.1) is 6.04 Å². The zero-order chi connectivity index (χ0) is 13.2. The van der Waals surface area contributed by atoms with Gasteiger partial charge < -0.3 is 10.1 Å². The number of para-hydroxylation sites is 1. The first-order valence-corrected chi connectivity index (χ1v) is 6.26. The van der Waals surface area contributed by atoms with E-state index < -0.39 is 0 Å². The van der Waals surface area contributed by atoms with E-state index in [0.29, 0.717) is 17.3 Å². The number of nitrogens with zero attached hydrogens (tertiary/aromatic N) is 1. The van der Waals surface area contributed by atoms with Gasteiger partial charge in [0.2, 0.25) is 0 Å². The van der Waals surface area contributed by atoms with E-state index in [1.807, 2.05) is 24.3 Å². The quantitative estimate of drug-likeness (QED) is 0.857. The largest absolute Gasteiger partial charge is 0.491 e. The third-order valence-corrected chi connectivity index (χ3v) is 3.20. The Hall–Kier alpha value is -2.07. The Kier molecular flexibility index (Phi) is 3.09. The van der Waals surface area contributed by atoms with Gasteiger partial charge in [0.1, 0.15) is 17.5 Å². The molecule has 1 aromatic carbocycles. The number of halogens is 1. The second-order valence-corrected chi connectivity index (χ2v) is 4.63. The van der Waals surface area contributed by atoms with Crippen LogP contribution in [0.4, 0.5) is 0 Å². The third kappa shape index (κ3) is 2.39. The predicted octanol–water partition coefficient (Wildman–Crippen LogP) is 2.60. The maximum absolute atomic E-state index is 12.1. The first kappa shape index (κ1) is 12.0. The van der Waals surface area contributed by atoms with E-state index in [-0.39, 0.29) is 11.9 Å². The summed E-state index contributed by atoms with van der Waals surface area (Å²) >= 11 is 5.77. The number of pyridine rings is 1. The lowest BCUT2D eigenvalue weighted by molar-refractivity contribution is 0.0930. The molecule has 1 aromatic heterocycles. The number of amides is 1. The fraction of sp³-hybridized carbons (Fsp3) is 0.143. The van der Waals surface area contributed by atoms with Gasteiger partial charge >= 0.3 is 0 Å². The fourth-order valence-electron chi connectivity index (χ4n) is 2.07. The van der Waals surface area contributed by atoms with Crippen LogP contribution in [-0.2, 0) is 0 Å². The minimum atomic E-state index is -0.186. The van der Waals surface area contributed by atoms with Crippen molar-refractivity contribution in [1.82, 2.24) is 10.3 Å². The van der Waals surface area contributed by atoms with E-state index in [0.717, 1.165) is 11.3 Å². The average Bonchev–Trinajstić information content (AvgIpc) is 2.82. The summed E-state index contributed by atoms with van der Waals surface area (Å²) in [4.78, 5) is 16.0. The number of rotatable bonds is 2. The SMILES string of the molecule is O=C(NC1COc2ccccc21)c1ccnc(Cl)c1. The van der Waals surface area contributed by atoms with Gasteiger partial charge in [-0.15, -0.1) is 0 Å². The van der Waals surface area contributed by atoms with Crippen molar-refractivity contribution in [2.45, 2.75) is 6.04 Å². The highest BCUT2D eigenvalue weighted by molar-refractivity contribution is 6.29. The van der Waals surface area contributed by atoms with Gasteiger partial charge in [0.25, 0.3) is 5.91 Å². The Bertz CT molecular complexity index is 630. The van der Waals surface area contributed by atoms with Gasteiger partial charge in [-0.3, -0.25) is 4.79 Å². The highest BCUT2D eigenvalue weighted by Crippen LogP contribution is 2.31.